The van der Waals surface area contributed by atoms with E-state index in [0.717, 1.165) is 4.90 Å². The van der Waals surface area contributed by atoms with E-state index < -0.39 is 42.9 Å². The highest BCUT2D eigenvalue weighted by atomic mass is 16.5. The number of hydrogen-bond donors (Lipinski definition) is 2. The maximum Gasteiger partial charge on any atom is 0.326 e. The van der Waals surface area contributed by atoms with Gasteiger partial charge in [-0.2, -0.15) is 0 Å². The molecule has 5 amide bonds. The van der Waals surface area contributed by atoms with Crippen LogP contribution in [0, 0.1) is 17.8 Å². The van der Waals surface area contributed by atoms with Crippen molar-refractivity contribution in [1.82, 2.24) is 15.5 Å². The zero-order chi connectivity index (χ0) is 19.3. The minimum Gasteiger partial charge on any atom is -0.454 e. The van der Waals surface area contributed by atoms with Gasteiger partial charge >= 0.3 is 12.0 Å². The number of carbonyl (C=O) groups is 5. The van der Waals surface area contributed by atoms with E-state index in [4.69, 9.17) is 4.74 Å². The molecular weight excluding hydrogens is 342 g/mol. The summed E-state index contributed by atoms with van der Waals surface area (Å²) in [4.78, 5) is 60.2. The van der Waals surface area contributed by atoms with Crippen LogP contribution in [0.3, 0.4) is 0 Å². The maximum absolute atomic E-state index is 12.2. The minimum atomic E-state index is -0.879. The van der Waals surface area contributed by atoms with Gasteiger partial charge in [-0.3, -0.25) is 29.4 Å². The van der Waals surface area contributed by atoms with Crippen LogP contribution in [0.1, 0.15) is 26.7 Å². The van der Waals surface area contributed by atoms with Gasteiger partial charge in [0.25, 0.3) is 5.91 Å². The fraction of sp³-hybridized carbons (Fsp3) is 0.588. The minimum absolute atomic E-state index is 0.225. The molecular formula is C17H23N3O6. The Morgan fingerprint density at radius 3 is 2.27 bits per heavy atom. The van der Waals surface area contributed by atoms with Crippen molar-refractivity contribution in [3.05, 3.63) is 12.2 Å². The lowest BCUT2D eigenvalue weighted by atomic mass is 9.85. The number of allylic oxidation sites excluding steroid dienone is 2. The zero-order valence-electron chi connectivity index (χ0n) is 14.8. The van der Waals surface area contributed by atoms with E-state index in [-0.39, 0.29) is 17.7 Å². The summed E-state index contributed by atoms with van der Waals surface area (Å²) >= 11 is 0. The maximum atomic E-state index is 12.2. The van der Waals surface area contributed by atoms with Gasteiger partial charge in [-0.15, -0.1) is 0 Å². The first-order chi connectivity index (χ1) is 12.3. The highest BCUT2D eigenvalue weighted by Crippen LogP contribution is 2.34. The van der Waals surface area contributed by atoms with Gasteiger partial charge in [0.2, 0.25) is 11.8 Å². The van der Waals surface area contributed by atoms with Gasteiger partial charge in [-0.25, -0.2) is 4.79 Å². The van der Waals surface area contributed by atoms with Crippen molar-refractivity contribution in [1.29, 1.82) is 0 Å². The lowest BCUT2D eigenvalue weighted by molar-refractivity contribution is -0.154. The molecule has 2 atom stereocenters. The molecule has 9 nitrogen and oxygen atoms in total. The molecule has 2 N–H and O–H groups in total. The van der Waals surface area contributed by atoms with Crippen LogP contribution in [0.25, 0.3) is 0 Å². The Hall–Kier alpha value is -2.71. The Morgan fingerprint density at radius 1 is 1.15 bits per heavy atom. The van der Waals surface area contributed by atoms with E-state index >= 15 is 0 Å². The van der Waals surface area contributed by atoms with Crippen molar-refractivity contribution in [3.8, 4) is 0 Å². The molecule has 1 fully saturated rings. The average Bonchev–Trinajstić information content (AvgIpc) is 2.83. The standard InChI is InChI=1S/C17H23N3O6/c1-10(2)7-18-17(25)19-13(21)9-26-14(22)8-20-15(23)11-5-3-4-6-12(11)16(20)24/h3-4,10-12H,5-9H2,1-2H3,(H2,18,19,21,25)/t11-,12-/m1/s1. The molecule has 0 aromatic rings. The molecule has 1 saturated heterocycles. The predicted molar refractivity (Wildman–Crippen MR) is 89.4 cm³/mol. The highest BCUT2D eigenvalue weighted by molar-refractivity contribution is 6.07. The molecule has 2 rings (SSSR count). The summed E-state index contributed by atoms with van der Waals surface area (Å²) in [6.07, 6.45) is 4.66. The summed E-state index contributed by atoms with van der Waals surface area (Å²) in [7, 11) is 0. The van der Waals surface area contributed by atoms with Gasteiger partial charge in [0.15, 0.2) is 6.61 Å². The lowest BCUT2D eigenvalue weighted by Gasteiger charge is -2.14. The predicted octanol–water partition coefficient (Wildman–Crippen LogP) is -0.0374. The largest absolute Gasteiger partial charge is 0.454 e. The fourth-order valence-electron chi connectivity index (χ4n) is 2.85. The molecule has 142 valence electrons. The summed E-state index contributed by atoms with van der Waals surface area (Å²) in [5, 5.41) is 4.51. The number of urea groups is 1. The number of nitrogens with zero attached hydrogens (tertiary/aromatic N) is 1. The molecule has 0 unspecified atom stereocenters. The quantitative estimate of drug-likeness (QED) is 0.387. The second kappa shape index (κ2) is 8.59. The number of carbonyl (C=O) groups excluding carboxylic acids is 5. The molecule has 0 saturated carbocycles. The Morgan fingerprint density at radius 2 is 1.73 bits per heavy atom. The van der Waals surface area contributed by atoms with Gasteiger partial charge < -0.3 is 10.1 Å². The monoisotopic (exact) mass is 365 g/mol. The third-order valence-electron chi connectivity index (χ3n) is 4.17. The van der Waals surface area contributed by atoms with Crippen LogP contribution in [0.5, 0.6) is 0 Å². The van der Waals surface area contributed by atoms with E-state index in [1.54, 1.807) is 0 Å². The Bertz CT molecular complexity index is 616. The zero-order valence-corrected chi connectivity index (χ0v) is 14.8. The van der Waals surface area contributed by atoms with Gasteiger partial charge in [0.1, 0.15) is 6.54 Å². The number of fused-ring (bicyclic) bond motifs is 1. The first-order valence-corrected chi connectivity index (χ1v) is 8.53. The SMILES string of the molecule is CC(C)CNC(=O)NC(=O)COC(=O)CN1C(=O)[C@@H]2CC=CC[C@H]2C1=O. The Balaban J connectivity index is 1.75. The van der Waals surface area contributed by atoms with Gasteiger partial charge in [0.05, 0.1) is 11.8 Å². The number of nitrogens with one attached hydrogen (secondary N) is 2. The van der Waals surface area contributed by atoms with Crippen LogP contribution in [0.4, 0.5) is 4.79 Å². The van der Waals surface area contributed by atoms with Crippen LogP contribution < -0.4 is 10.6 Å². The molecule has 26 heavy (non-hydrogen) atoms. The van der Waals surface area contributed by atoms with Crippen molar-refractivity contribution >= 4 is 29.7 Å². The van der Waals surface area contributed by atoms with Gasteiger partial charge in [0, 0.05) is 6.54 Å². The van der Waals surface area contributed by atoms with E-state index in [1.807, 2.05) is 31.3 Å². The first-order valence-electron chi connectivity index (χ1n) is 8.53. The summed E-state index contributed by atoms with van der Waals surface area (Å²) in [6, 6.07) is -0.679. The van der Waals surface area contributed by atoms with Crippen molar-refractivity contribution in [2.75, 3.05) is 19.7 Å². The normalized spacial score (nSPS) is 21.6. The van der Waals surface area contributed by atoms with Gasteiger partial charge in [-0.05, 0) is 18.8 Å². The summed E-state index contributed by atoms with van der Waals surface area (Å²) in [6.45, 7) is 3.00. The molecule has 0 spiro atoms. The Labute approximate surface area is 151 Å². The third kappa shape index (κ3) is 4.90. The van der Waals surface area contributed by atoms with Crippen molar-refractivity contribution in [2.45, 2.75) is 26.7 Å². The third-order valence-corrected chi connectivity index (χ3v) is 4.17. The number of esters is 1. The first kappa shape index (κ1) is 19.6. The number of amides is 5. The van der Waals surface area contributed by atoms with E-state index in [9.17, 15) is 24.0 Å². The van der Waals surface area contributed by atoms with Crippen LogP contribution in [-0.2, 0) is 23.9 Å². The number of hydrogen-bond acceptors (Lipinski definition) is 6. The van der Waals surface area contributed by atoms with Crippen LogP contribution in [0.15, 0.2) is 12.2 Å². The van der Waals surface area contributed by atoms with Crippen molar-refractivity contribution in [3.63, 3.8) is 0 Å². The average molecular weight is 365 g/mol. The topological polar surface area (TPSA) is 122 Å². The number of likely N-dealkylation sites (tertiary alicyclic amines) is 1. The molecule has 1 aliphatic carbocycles. The molecule has 0 aromatic carbocycles. The van der Waals surface area contributed by atoms with E-state index in [1.165, 1.54) is 0 Å². The summed E-state index contributed by atoms with van der Waals surface area (Å²) in [5.74, 6) is -3.07. The molecule has 9 heteroatoms. The Kier molecular flexibility index (Phi) is 6.48. The molecule has 0 bridgehead atoms. The molecule has 0 radical (unpaired) electrons. The summed E-state index contributed by atoms with van der Waals surface area (Å²) in [5.41, 5.74) is 0. The smallest absolute Gasteiger partial charge is 0.326 e. The van der Waals surface area contributed by atoms with Gasteiger partial charge in [-0.1, -0.05) is 26.0 Å². The summed E-state index contributed by atoms with van der Waals surface area (Å²) < 4.78 is 4.75. The van der Waals surface area contributed by atoms with Crippen LogP contribution >= 0.6 is 0 Å². The van der Waals surface area contributed by atoms with E-state index in [2.05, 4.69) is 5.32 Å². The highest BCUT2D eigenvalue weighted by Gasteiger charge is 2.47. The van der Waals surface area contributed by atoms with Crippen molar-refractivity contribution in [2.24, 2.45) is 17.8 Å². The molecule has 1 heterocycles. The second-order valence-corrected chi connectivity index (χ2v) is 6.73. The number of ether oxygens (including phenoxy) is 1. The van der Waals surface area contributed by atoms with Crippen LogP contribution in [0.2, 0.25) is 0 Å². The van der Waals surface area contributed by atoms with Crippen molar-refractivity contribution < 1.29 is 28.7 Å². The lowest BCUT2D eigenvalue weighted by Crippen LogP contribution is -2.43. The number of imide groups is 2. The molecule has 1 aliphatic heterocycles. The van der Waals surface area contributed by atoms with Crippen LogP contribution in [-0.4, -0.2) is 54.3 Å². The number of rotatable bonds is 6. The van der Waals surface area contributed by atoms with E-state index in [0.29, 0.717) is 19.4 Å². The molecule has 0 aromatic heterocycles. The molecule has 2 aliphatic rings. The second-order valence-electron chi connectivity index (χ2n) is 6.73. The fourth-order valence-corrected chi connectivity index (χ4v) is 2.85.